The van der Waals surface area contributed by atoms with Crippen LogP contribution in [0.3, 0.4) is 0 Å². The highest BCUT2D eigenvalue weighted by atomic mass is 35.5. The Hall–Kier alpha value is -2.70. The van der Waals surface area contributed by atoms with E-state index in [0.29, 0.717) is 11.8 Å². The summed E-state index contributed by atoms with van der Waals surface area (Å²) >= 11 is 6.31. The van der Waals surface area contributed by atoms with Crippen molar-refractivity contribution >= 4 is 29.1 Å². The second kappa shape index (κ2) is 8.99. The Morgan fingerprint density at radius 1 is 1.04 bits per heavy atom. The summed E-state index contributed by atoms with van der Waals surface area (Å²) in [5.41, 5.74) is 4.87. The topological polar surface area (TPSA) is 66.0 Å². The van der Waals surface area contributed by atoms with Crippen LogP contribution in [0.5, 0.6) is 0 Å². The number of hydrogen-bond donors (Lipinski definition) is 2. The molecule has 28 heavy (non-hydrogen) atoms. The van der Waals surface area contributed by atoms with E-state index in [1.54, 1.807) is 12.4 Å². The molecule has 0 bridgehead atoms. The molecular formula is C21H25ClN6. The summed E-state index contributed by atoms with van der Waals surface area (Å²) in [5, 5.41) is 7.46. The molecule has 7 heteroatoms. The molecular weight excluding hydrogens is 372 g/mol. The molecule has 0 atom stereocenters. The van der Waals surface area contributed by atoms with Gasteiger partial charge in [-0.25, -0.2) is 4.98 Å². The van der Waals surface area contributed by atoms with E-state index in [2.05, 4.69) is 30.5 Å². The van der Waals surface area contributed by atoms with Gasteiger partial charge in [-0.1, -0.05) is 17.7 Å². The standard InChI is InChI=1S/C21H25ClN6/c1-14-5-6-17(22)15(2)20(14)26-19-13-18(16-7-9-23-10-8-16)25-21(27-19)24-11-12-28(3)4/h5-10,13H,11-12H2,1-4H3,(H2,24,25,26,27). The molecule has 0 unspecified atom stereocenters. The van der Waals surface area contributed by atoms with Gasteiger partial charge < -0.3 is 15.5 Å². The number of likely N-dealkylation sites (N-methyl/N-ethyl adjacent to an activating group) is 1. The SMILES string of the molecule is Cc1ccc(Cl)c(C)c1Nc1cc(-c2ccncc2)nc(NCCN(C)C)n1. The quantitative estimate of drug-likeness (QED) is 0.611. The maximum Gasteiger partial charge on any atom is 0.225 e. The lowest BCUT2D eigenvalue weighted by Gasteiger charge is -2.16. The van der Waals surface area contributed by atoms with Crippen molar-refractivity contribution in [3.8, 4) is 11.3 Å². The van der Waals surface area contributed by atoms with Crippen molar-refractivity contribution in [3.63, 3.8) is 0 Å². The van der Waals surface area contributed by atoms with Gasteiger partial charge in [-0.15, -0.1) is 0 Å². The average Bonchev–Trinajstić information content (AvgIpc) is 2.68. The molecule has 6 nitrogen and oxygen atoms in total. The number of nitrogens with one attached hydrogen (secondary N) is 2. The molecule has 0 aliphatic heterocycles. The average molecular weight is 397 g/mol. The smallest absolute Gasteiger partial charge is 0.225 e. The molecule has 3 rings (SSSR count). The fraction of sp³-hybridized carbons (Fsp3) is 0.286. The summed E-state index contributed by atoms with van der Waals surface area (Å²) in [4.78, 5) is 15.5. The Morgan fingerprint density at radius 2 is 1.79 bits per heavy atom. The molecule has 0 aliphatic carbocycles. The van der Waals surface area contributed by atoms with Crippen molar-refractivity contribution in [2.75, 3.05) is 37.8 Å². The molecule has 2 aromatic heterocycles. The number of hydrogen-bond acceptors (Lipinski definition) is 6. The summed E-state index contributed by atoms with van der Waals surface area (Å²) < 4.78 is 0. The highest BCUT2D eigenvalue weighted by Gasteiger charge is 2.11. The van der Waals surface area contributed by atoms with E-state index in [1.165, 1.54) is 0 Å². The van der Waals surface area contributed by atoms with E-state index in [1.807, 2.05) is 58.3 Å². The van der Waals surface area contributed by atoms with Crippen LogP contribution in [0.15, 0.2) is 42.7 Å². The molecule has 0 radical (unpaired) electrons. The zero-order chi connectivity index (χ0) is 20.1. The lowest BCUT2D eigenvalue weighted by atomic mass is 10.1. The van der Waals surface area contributed by atoms with Crippen LogP contribution in [0.2, 0.25) is 5.02 Å². The minimum atomic E-state index is 0.580. The molecule has 0 saturated carbocycles. The van der Waals surface area contributed by atoms with E-state index in [-0.39, 0.29) is 0 Å². The Labute approximate surface area is 171 Å². The Kier molecular flexibility index (Phi) is 6.44. The molecule has 0 spiro atoms. The van der Waals surface area contributed by atoms with Crippen LogP contribution in [-0.4, -0.2) is 47.0 Å². The van der Waals surface area contributed by atoms with Gasteiger partial charge in [0.2, 0.25) is 5.95 Å². The summed E-state index contributed by atoms with van der Waals surface area (Å²) in [5.74, 6) is 1.29. The molecule has 2 N–H and O–H groups in total. The predicted octanol–water partition coefficient (Wildman–Crippen LogP) is 4.53. The van der Waals surface area contributed by atoms with Crippen LogP contribution < -0.4 is 10.6 Å². The van der Waals surface area contributed by atoms with E-state index in [0.717, 1.165) is 46.2 Å². The third-order valence-electron chi connectivity index (χ3n) is 4.40. The van der Waals surface area contributed by atoms with Gasteiger partial charge in [0.15, 0.2) is 0 Å². The van der Waals surface area contributed by atoms with Gasteiger partial charge in [-0.2, -0.15) is 4.98 Å². The van der Waals surface area contributed by atoms with Gasteiger partial charge in [0.1, 0.15) is 5.82 Å². The van der Waals surface area contributed by atoms with Crippen molar-refractivity contribution in [1.82, 2.24) is 19.9 Å². The maximum absolute atomic E-state index is 6.31. The normalized spacial score (nSPS) is 10.9. The third kappa shape index (κ3) is 4.97. The fourth-order valence-corrected chi connectivity index (χ4v) is 2.95. The Balaban J connectivity index is 1.96. The van der Waals surface area contributed by atoms with E-state index >= 15 is 0 Å². The molecule has 3 aromatic rings. The van der Waals surface area contributed by atoms with E-state index in [9.17, 15) is 0 Å². The highest BCUT2D eigenvalue weighted by Crippen LogP contribution is 2.30. The van der Waals surface area contributed by atoms with Gasteiger partial charge >= 0.3 is 0 Å². The van der Waals surface area contributed by atoms with E-state index in [4.69, 9.17) is 11.6 Å². The molecule has 1 aromatic carbocycles. The van der Waals surface area contributed by atoms with Gasteiger partial charge in [-0.05, 0) is 57.3 Å². The second-order valence-corrected chi connectivity index (χ2v) is 7.32. The highest BCUT2D eigenvalue weighted by molar-refractivity contribution is 6.31. The molecule has 0 fully saturated rings. The number of halogens is 1. The Bertz CT molecular complexity index is 943. The summed E-state index contributed by atoms with van der Waals surface area (Å²) in [6.45, 7) is 5.69. The molecule has 2 heterocycles. The zero-order valence-corrected chi connectivity index (χ0v) is 17.4. The number of pyridine rings is 1. The Morgan fingerprint density at radius 3 is 2.50 bits per heavy atom. The van der Waals surface area contributed by atoms with Crippen molar-refractivity contribution in [3.05, 3.63) is 58.9 Å². The van der Waals surface area contributed by atoms with Crippen LogP contribution in [-0.2, 0) is 0 Å². The first-order chi connectivity index (χ1) is 13.4. The first kappa shape index (κ1) is 20.0. The maximum atomic E-state index is 6.31. The summed E-state index contributed by atoms with van der Waals surface area (Å²) in [6, 6.07) is 9.72. The van der Waals surface area contributed by atoms with Crippen molar-refractivity contribution in [2.24, 2.45) is 0 Å². The van der Waals surface area contributed by atoms with Crippen LogP contribution in [0.1, 0.15) is 11.1 Å². The predicted molar refractivity (Wildman–Crippen MR) is 117 cm³/mol. The minimum Gasteiger partial charge on any atom is -0.353 e. The monoisotopic (exact) mass is 396 g/mol. The first-order valence-corrected chi connectivity index (χ1v) is 9.52. The van der Waals surface area contributed by atoms with Gasteiger partial charge in [0.05, 0.1) is 5.69 Å². The largest absolute Gasteiger partial charge is 0.353 e. The second-order valence-electron chi connectivity index (χ2n) is 6.92. The van der Waals surface area contributed by atoms with Crippen LogP contribution in [0.4, 0.5) is 17.5 Å². The van der Waals surface area contributed by atoms with Crippen LogP contribution in [0, 0.1) is 13.8 Å². The number of benzene rings is 1. The van der Waals surface area contributed by atoms with Gasteiger partial charge in [-0.3, -0.25) is 4.98 Å². The fourth-order valence-electron chi connectivity index (χ4n) is 2.79. The van der Waals surface area contributed by atoms with Gasteiger partial charge in [0, 0.05) is 47.8 Å². The number of anilines is 3. The lowest BCUT2D eigenvalue weighted by Crippen LogP contribution is -2.21. The number of aromatic nitrogens is 3. The van der Waals surface area contributed by atoms with Crippen LogP contribution in [0.25, 0.3) is 11.3 Å². The molecule has 146 valence electrons. The van der Waals surface area contributed by atoms with Gasteiger partial charge in [0.25, 0.3) is 0 Å². The van der Waals surface area contributed by atoms with Crippen molar-refractivity contribution in [1.29, 1.82) is 0 Å². The van der Waals surface area contributed by atoms with Crippen molar-refractivity contribution < 1.29 is 0 Å². The van der Waals surface area contributed by atoms with Crippen LogP contribution >= 0.6 is 11.6 Å². The lowest BCUT2D eigenvalue weighted by molar-refractivity contribution is 0.425. The first-order valence-electron chi connectivity index (χ1n) is 9.15. The molecule has 0 aliphatic rings. The third-order valence-corrected chi connectivity index (χ3v) is 4.81. The number of nitrogens with zero attached hydrogens (tertiary/aromatic N) is 4. The zero-order valence-electron chi connectivity index (χ0n) is 16.6. The molecule has 0 saturated heterocycles. The summed E-state index contributed by atoms with van der Waals surface area (Å²) in [6.07, 6.45) is 3.52. The minimum absolute atomic E-state index is 0.580. The van der Waals surface area contributed by atoms with Crippen molar-refractivity contribution in [2.45, 2.75) is 13.8 Å². The number of aryl methyl sites for hydroxylation is 1. The number of rotatable bonds is 7. The summed E-state index contributed by atoms with van der Waals surface area (Å²) in [7, 11) is 4.07. The molecule has 0 amide bonds. The van der Waals surface area contributed by atoms with E-state index < -0.39 is 0 Å².